The summed E-state index contributed by atoms with van der Waals surface area (Å²) >= 11 is 0. The molecule has 0 bridgehead atoms. The topological polar surface area (TPSA) is 30.0 Å². The number of benzene rings is 1. The second-order valence-corrected chi connectivity index (χ2v) is 5.41. The van der Waals surface area contributed by atoms with Gasteiger partial charge in [0, 0.05) is 22.1 Å². The molecule has 0 saturated carbocycles. The fourth-order valence-corrected chi connectivity index (χ4v) is 1.76. The molecule has 1 aromatic carbocycles. The van der Waals surface area contributed by atoms with E-state index in [9.17, 15) is 4.79 Å². The predicted molar refractivity (Wildman–Crippen MR) is 70.4 cm³/mol. The van der Waals surface area contributed by atoms with Crippen LogP contribution in [0.5, 0.6) is 0 Å². The Hall–Kier alpha value is -1.70. The smallest absolute Gasteiger partial charge is 0.159 e. The van der Waals surface area contributed by atoms with Crippen molar-refractivity contribution in [2.45, 2.75) is 33.1 Å². The van der Waals surface area contributed by atoms with Gasteiger partial charge in [0.05, 0.1) is 5.52 Å². The van der Waals surface area contributed by atoms with Gasteiger partial charge in [-0.05, 0) is 31.2 Å². The lowest BCUT2D eigenvalue weighted by molar-refractivity contribution is 0.101. The molecular formula is C15H17NO. The highest BCUT2D eigenvalue weighted by Crippen LogP contribution is 2.23. The highest BCUT2D eigenvalue weighted by molar-refractivity contribution is 5.97. The van der Waals surface area contributed by atoms with E-state index >= 15 is 0 Å². The number of ketones is 1. The van der Waals surface area contributed by atoms with Crippen molar-refractivity contribution in [3.63, 3.8) is 0 Å². The van der Waals surface area contributed by atoms with Crippen LogP contribution >= 0.6 is 0 Å². The van der Waals surface area contributed by atoms with Crippen LogP contribution in [-0.4, -0.2) is 10.8 Å². The molecule has 2 heteroatoms. The molecule has 0 aliphatic rings. The minimum Gasteiger partial charge on any atom is -0.295 e. The summed E-state index contributed by atoms with van der Waals surface area (Å²) in [6, 6.07) is 9.73. The summed E-state index contributed by atoms with van der Waals surface area (Å²) in [5.74, 6) is 0.0896. The summed E-state index contributed by atoms with van der Waals surface area (Å²) in [4.78, 5) is 15.9. The first-order chi connectivity index (χ1) is 7.88. The van der Waals surface area contributed by atoms with Crippen molar-refractivity contribution >= 4 is 16.7 Å². The zero-order chi connectivity index (χ0) is 12.6. The average Bonchev–Trinajstić information content (AvgIpc) is 2.26. The van der Waals surface area contributed by atoms with E-state index in [1.807, 2.05) is 30.3 Å². The SMILES string of the molecule is CC(=O)c1ccc2nc(C(C)(C)C)ccc2c1. The van der Waals surface area contributed by atoms with E-state index in [1.54, 1.807) is 6.92 Å². The highest BCUT2D eigenvalue weighted by atomic mass is 16.1. The Morgan fingerprint density at radius 1 is 1.12 bits per heavy atom. The largest absolute Gasteiger partial charge is 0.295 e. The molecule has 0 spiro atoms. The molecule has 0 fully saturated rings. The van der Waals surface area contributed by atoms with Gasteiger partial charge in [-0.2, -0.15) is 0 Å². The number of carbonyl (C=O) groups is 1. The van der Waals surface area contributed by atoms with Gasteiger partial charge >= 0.3 is 0 Å². The Kier molecular flexibility index (Phi) is 2.74. The summed E-state index contributed by atoms with van der Waals surface area (Å²) in [6.07, 6.45) is 0. The molecule has 2 nitrogen and oxygen atoms in total. The molecule has 0 radical (unpaired) electrons. The lowest BCUT2D eigenvalue weighted by Gasteiger charge is -2.18. The number of Topliss-reactive ketones (excluding diaryl/α,β-unsaturated/α-hetero) is 1. The minimum atomic E-state index is 0.0490. The number of aromatic nitrogens is 1. The third-order valence-electron chi connectivity index (χ3n) is 2.86. The lowest BCUT2D eigenvalue weighted by Crippen LogP contribution is -2.13. The van der Waals surface area contributed by atoms with E-state index in [4.69, 9.17) is 0 Å². The number of pyridine rings is 1. The Morgan fingerprint density at radius 3 is 2.41 bits per heavy atom. The van der Waals surface area contributed by atoms with Gasteiger partial charge in [0.15, 0.2) is 5.78 Å². The molecule has 0 aliphatic carbocycles. The fourth-order valence-electron chi connectivity index (χ4n) is 1.76. The van der Waals surface area contributed by atoms with Crippen molar-refractivity contribution in [2.75, 3.05) is 0 Å². The van der Waals surface area contributed by atoms with Crippen LogP contribution in [0.2, 0.25) is 0 Å². The predicted octanol–water partition coefficient (Wildman–Crippen LogP) is 3.73. The maximum Gasteiger partial charge on any atom is 0.159 e. The molecule has 88 valence electrons. The number of fused-ring (bicyclic) bond motifs is 1. The van der Waals surface area contributed by atoms with Gasteiger partial charge in [-0.25, -0.2) is 0 Å². The zero-order valence-electron chi connectivity index (χ0n) is 10.7. The van der Waals surface area contributed by atoms with Crippen LogP contribution in [-0.2, 0) is 5.41 Å². The fraction of sp³-hybridized carbons (Fsp3) is 0.333. The van der Waals surface area contributed by atoms with Gasteiger partial charge in [-0.1, -0.05) is 26.8 Å². The van der Waals surface area contributed by atoms with E-state index in [1.165, 1.54) is 0 Å². The van der Waals surface area contributed by atoms with E-state index in [2.05, 4.69) is 25.8 Å². The normalized spacial score (nSPS) is 11.8. The number of rotatable bonds is 1. The number of hydrogen-bond acceptors (Lipinski definition) is 2. The summed E-state index contributed by atoms with van der Waals surface area (Å²) in [5, 5.41) is 1.02. The van der Waals surface area contributed by atoms with Gasteiger partial charge in [0.2, 0.25) is 0 Å². The van der Waals surface area contributed by atoms with E-state index in [0.717, 1.165) is 22.2 Å². The van der Waals surface area contributed by atoms with Crippen molar-refractivity contribution in [3.8, 4) is 0 Å². The van der Waals surface area contributed by atoms with Crippen molar-refractivity contribution in [1.82, 2.24) is 4.98 Å². The molecule has 0 aliphatic heterocycles. The molecule has 0 amide bonds. The molecule has 0 N–H and O–H groups in total. The van der Waals surface area contributed by atoms with Gasteiger partial charge in [-0.15, -0.1) is 0 Å². The van der Waals surface area contributed by atoms with Gasteiger partial charge in [0.1, 0.15) is 0 Å². The highest BCUT2D eigenvalue weighted by Gasteiger charge is 2.15. The second-order valence-electron chi connectivity index (χ2n) is 5.41. The van der Waals surface area contributed by atoms with Crippen molar-refractivity contribution in [3.05, 3.63) is 41.6 Å². The van der Waals surface area contributed by atoms with Gasteiger partial charge in [-0.3, -0.25) is 9.78 Å². The monoisotopic (exact) mass is 227 g/mol. The first-order valence-electron chi connectivity index (χ1n) is 5.80. The first kappa shape index (κ1) is 11.8. The molecule has 17 heavy (non-hydrogen) atoms. The Labute approximate surface area is 102 Å². The van der Waals surface area contributed by atoms with Crippen LogP contribution < -0.4 is 0 Å². The quantitative estimate of drug-likeness (QED) is 0.695. The summed E-state index contributed by atoms with van der Waals surface area (Å²) in [6.45, 7) is 8.01. The first-order valence-corrected chi connectivity index (χ1v) is 5.80. The lowest BCUT2D eigenvalue weighted by atomic mass is 9.91. The van der Waals surface area contributed by atoms with Gasteiger partial charge in [0.25, 0.3) is 0 Å². The van der Waals surface area contributed by atoms with Crippen LogP contribution in [0.25, 0.3) is 10.9 Å². The van der Waals surface area contributed by atoms with Crippen LogP contribution in [0, 0.1) is 0 Å². The Balaban J connectivity index is 2.58. The Bertz CT molecular complexity index is 579. The average molecular weight is 227 g/mol. The van der Waals surface area contributed by atoms with E-state index < -0.39 is 0 Å². The zero-order valence-corrected chi connectivity index (χ0v) is 10.7. The summed E-state index contributed by atoms with van der Waals surface area (Å²) < 4.78 is 0. The van der Waals surface area contributed by atoms with Crippen LogP contribution in [0.3, 0.4) is 0 Å². The van der Waals surface area contributed by atoms with E-state index in [-0.39, 0.29) is 11.2 Å². The third-order valence-corrected chi connectivity index (χ3v) is 2.86. The maximum atomic E-state index is 11.3. The molecule has 2 rings (SSSR count). The molecule has 0 saturated heterocycles. The van der Waals surface area contributed by atoms with Gasteiger partial charge < -0.3 is 0 Å². The molecular weight excluding hydrogens is 210 g/mol. The van der Waals surface area contributed by atoms with Crippen LogP contribution in [0.4, 0.5) is 0 Å². The van der Waals surface area contributed by atoms with Crippen molar-refractivity contribution < 1.29 is 4.79 Å². The molecule has 1 heterocycles. The van der Waals surface area contributed by atoms with Crippen LogP contribution in [0.1, 0.15) is 43.7 Å². The summed E-state index contributed by atoms with van der Waals surface area (Å²) in [5.41, 5.74) is 2.80. The van der Waals surface area contributed by atoms with Crippen LogP contribution in [0.15, 0.2) is 30.3 Å². The summed E-state index contributed by atoms with van der Waals surface area (Å²) in [7, 11) is 0. The number of hydrogen-bond donors (Lipinski definition) is 0. The standard InChI is InChI=1S/C15H17NO/c1-10(17)11-5-7-13-12(9-11)6-8-14(16-13)15(2,3)4/h5-9H,1-4H3. The molecule has 1 aromatic heterocycles. The minimum absolute atomic E-state index is 0.0490. The maximum absolute atomic E-state index is 11.3. The Morgan fingerprint density at radius 2 is 1.82 bits per heavy atom. The molecule has 2 aromatic rings. The van der Waals surface area contributed by atoms with Crippen molar-refractivity contribution in [1.29, 1.82) is 0 Å². The third kappa shape index (κ3) is 2.36. The molecule has 0 unspecified atom stereocenters. The van der Waals surface area contributed by atoms with E-state index in [0.29, 0.717) is 0 Å². The number of carbonyl (C=O) groups excluding carboxylic acids is 1. The second kappa shape index (κ2) is 3.95. The molecule has 0 atom stereocenters. The van der Waals surface area contributed by atoms with Crippen molar-refractivity contribution in [2.24, 2.45) is 0 Å². The number of nitrogens with zero attached hydrogens (tertiary/aromatic N) is 1.